The highest BCUT2D eigenvalue weighted by atomic mass is 16.2. The van der Waals surface area contributed by atoms with Gasteiger partial charge in [0.1, 0.15) is 6.04 Å². The maximum absolute atomic E-state index is 12.0. The van der Waals surface area contributed by atoms with Crippen LogP contribution in [0.1, 0.15) is 33.6 Å². The molecule has 0 aromatic heterocycles. The molecule has 4 nitrogen and oxygen atoms in total. The highest BCUT2D eigenvalue weighted by Crippen LogP contribution is 2.08. The van der Waals surface area contributed by atoms with Crippen molar-refractivity contribution in [1.29, 1.82) is 0 Å². The fourth-order valence-corrected chi connectivity index (χ4v) is 1.79. The lowest BCUT2D eigenvalue weighted by Gasteiger charge is -2.24. The molecule has 1 aliphatic heterocycles. The van der Waals surface area contributed by atoms with Gasteiger partial charge >= 0.3 is 0 Å². The van der Waals surface area contributed by atoms with E-state index >= 15 is 0 Å². The molecular formula is C11H20N2O2. The molecular weight excluding hydrogens is 192 g/mol. The van der Waals surface area contributed by atoms with Crippen LogP contribution in [0.2, 0.25) is 0 Å². The molecule has 1 aliphatic rings. The third-order valence-corrected chi connectivity index (χ3v) is 2.55. The summed E-state index contributed by atoms with van der Waals surface area (Å²) in [5, 5.41) is 2.75. The number of carbonyl (C=O) groups is 2. The first-order valence-corrected chi connectivity index (χ1v) is 5.62. The van der Waals surface area contributed by atoms with Crippen molar-refractivity contribution in [3.05, 3.63) is 0 Å². The third-order valence-electron chi connectivity index (χ3n) is 2.55. The Morgan fingerprint density at radius 2 is 2.13 bits per heavy atom. The van der Waals surface area contributed by atoms with Crippen molar-refractivity contribution in [2.75, 3.05) is 13.1 Å². The van der Waals surface area contributed by atoms with E-state index in [-0.39, 0.29) is 17.9 Å². The quantitative estimate of drug-likeness (QED) is 0.751. The molecule has 1 N–H and O–H groups in total. The van der Waals surface area contributed by atoms with Crippen LogP contribution in [0.4, 0.5) is 0 Å². The topological polar surface area (TPSA) is 49.4 Å². The van der Waals surface area contributed by atoms with Gasteiger partial charge in [0.2, 0.25) is 11.8 Å². The molecule has 1 rings (SSSR count). The summed E-state index contributed by atoms with van der Waals surface area (Å²) in [7, 11) is 0. The van der Waals surface area contributed by atoms with E-state index in [0.29, 0.717) is 25.3 Å². The Balaban J connectivity index is 2.70. The van der Waals surface area contributed by atoms with Gasteiger partial charge in [-0.25, -0.2) is 0 Å². The van der Waals surface area contributed by atoms with Gasteiger partial charge in [-0.1, -0.05) is 20.8 Å². The van der Waals surface area contributed by atoms with Crippen molar-refractivity contribution >= 4 is 11.8 Å². The van der Waals surface area contributed by atoms with E-state index in [0.717, 1.165) is 6.54 Å². The van der Waals surface area contributed by atoms with Crippen LogP contribution in [-0.4, -0.2) is 35.8 Å². The zero-order valence-electron chi connectivity index (χ0n) is 9.75. The number of carbonyl (C=O) groups excluding carboxylic acids is 2. The molecule has 15 heavy (non-hydrogen) atoms. The summed E-state index contributed by atoms with van der Waals surface area (Å²) < 4.78 is 0. The molecule has 1 heterocycles. The summed E-state index contributed by atoms with van der Waals surface area (Å²) in [5.41, 5.74) is 0. The summed E-state index contributed by atoms with van der Waals surface area (Å²) in [4.78, 5) is 25.1. The highest BCUT2D eigenvalue weighted by molar-refractivity contribution is 5.89. The second-order valence-electron chi connectivity index (χ2n) is 4.46. The lowest BCUT2D eigenvalue weighted by molar-refractivity contribution is -0.134. The molecule has 2 amide bonds. The van der Waals surface area contributed by atoms with Crippen molar-refractivity contribution in [2.45, 2.75) is 39.7 Å². The fourth-order valence-electron chi connectivity index (χ4n) is 1.79. The van der Waals surface area contributed by atoms with Crippen molar-refractivity contribution in [2.24, 2.45) is 5.92 Å². The molecule has 1 fully saturated rings. The first kappa shape index (κ1) is 12.0. The minimum absolute atomic E-state index is 0.0125. The van der Waals surface area contributed by atoms with Crippen LogP contribution in [0.25, 0.3) is 0 Å². The normalized spacial score (nSPS) is 22.9. The number of rotatable bonds is 3. The summed E-state index contributed by atoms with van der Waals surface area (Å²) >= 11 is 0. The summed E-state index contributed by atoms with van der Waals surface area (Å²) in [5.74, 6) is 0.498. The highest BCUT2D eigenvalue weighted by Gasteiger charge is 2.28. The average molecular weight is 212 g/mol. The number of hydrogen-bond donors (Lipinski definition) is 1. The lowest BCUT2D eigenvalue weighted by Crippen LogP contribution is -2.45. The first-order chi connectivity index (χ1) is 7.04. The Morgan fingerprint density at radius 1 is 1.47 bits per heavy atom. The molecule has 0 bridgehead atoms. The molecule has 0 saturated carbocycles. The van der Waals surface area contributed by atoms with E-state index in [1.165, 1.54) is 0 Å². The molecule has 0 aromatic rings. The van der Waals surface area contributed by atoms with E-state index in [9.17, 15) is 9.59 Å². The van der Waals surface area contributed by atoms with Gasteiger partial charge < -0.3 is 10.2 Å². The average Bonchev–Trinajstić information content (AvgIpc) is 2.30. The minimum Gasteiger partial charge on any atom is -0.344 e. The van der Waals surface area contributed by atoms with Gasteiger partial charge in [-0.15, -0.1) is 0 Å². The van der Waals surface area contributed by atoms with Gasteiger partial charge in [0.05, 0.1) is 0 Å². The maximum Gasteiger partial charge on any atom is 0.245 e. The van der Waals surface area contributed by atoms with Crippen LogP contribution >= 0.6 is 0 Å². The van der Waals surface area contributed by atoms with Crippen molar-refractivity contribution in [3.8, 4) is 0 Å². The van der Waals surface area contributed by atoms with Gasteiger partial charge in [-0.2, -0.15) is 0 Å². The fraction of sp³-hybridized carbons (Fsp3) is 0.818. The van der Waals surface area contributed by atoms with Gasteiger partial charge in [-0.3, -0.25) is 9.59 Å². The van der Waals surface area contributed by atoms with Crippen molar-refractivity contribution < 1.29 is 9.59 Å². The van der Waals surface area contributed by atoms with E-state index in [1.807, 2.05) is 6.92 Å². The molecule has 1 unspecified atom stereocenters. The molecule has 0 spiro atoms. The lowest BCUT2D eigenvalue weighted by atomic mass is 10.1. The molecule has 0 aromatic carbocycles. The molecule has 1 saturated heterocycles. The third kappa shape index (κ3) is 3.22. The van der Waals surface area contributed by atoms with Crippen LogP contribution in [0.15, 0.2) is 0 Å². The Hall–Kier alpha value is -1.06. The predicted octanol–water partition coefficient (Wildman–Crippen LogP) is 0.769. The Morgan fingerprint density at radius 3 is 2.67 bits per heavy atom. The van der Waals surface area contributed by atoms with Crippen molar-refractivity contribution in [1.82, 2.24) is 10.2 Å². The van der Waals surface area contributed by atoms with Crippen LogP contribution in [0.5, 0.6) is 0 Å². The molecule has 0 aliphatic carbocycles. The minimum atomic E-state index is -0.321. The van der Waals surface area contributed by atoms with Crippen LogP contribution in [0, 0.1) is 5.92 Å². The van der Waals surface area contributed by atoms with E-state index in [1.54, 1.807) is 4.90 Å². The van der Waals surface area contributed by atoms with Crippen molar-refractivity contribution in [3.63, 3.8) is 0 Å². The smallest absolute Gasteiger partial charge is 0.245 e. The van der Waals surface area contributed by atoms with Gasteiger partial charge in [0.25, 0.3) is 0 Å². The van der Waals surface area contributed by atoms with E-state index < -0.39 is 0 Å². The number of nitrogens with zero attached hydrogens (tertiary/aromatic N) is 1. The molecule has 1 atom stereocenters. The Bertz CT molecular complexity index is 251. The monoisotopic (exact) mass is 212 g/mol. The standard InChI is InChI=1S/C11H20N2O2/c1-4-9-11(15)13(7-8(2)3)6-5-10(14)12-9/h8-9H,4-7H2,1-3H3,(H,12,14). The molecule has 86 valence electrons. The zero-order chi connectivity index (χ0) is 11.4. The Labute approximate surface area is 91.0 Å². The van der Waals surface area contributed by atoms with Gasteiger partial charge in [0.15, 0.2) is 0 Å². The second kappa shape index (κ2) is 5.14. The summed E-state index contributed by atoms with van der Waals surface area (Å²) in [6, 6.07) is -0.321. The number of nitrogens with one attached hydrogen (secondary N) is 1. The van der Waals surface area contributed by atoms with Crippen LogP contribution in [0.3, 0.4) is 0 Å². The summed E-state index contributed by atoms with van der Waals surface area (Å²) in [6.45, 7) is 7.37. The maximum atomic E-state index is 12.0. The first-order valence-electron chi connectivity index (χ1n) is 5.62. The number of amides is 2. The van der Waals surface area contributed by atoms with Gasteiger partial charge in [0, 0.05) is 19.5 Å². The number of hydrogen-bond acceptors (Lipinski definition) is 2. The van der Waals surface area contributed by atoms with Crippen LogP contribution in [-0.2, 0) is 9.59 Å². The van der Waals surface area contributed by atoms with E-state index in [4.69, 9.17) is 0 Å². The van der Waals surface area contributed by atoms with E-state index in [2.05, 4.69) is 19.2 Å². The van der Waals surface area contributed by atoms with Gasteiger partial charge in [-0.05, 0) is 12.3 Å². The van der Waals surface area contributed by atoms with Crippen LogP contribution < -0.4 is 5.32 Å². The SMILES string of the molecule is CCC1NC(=O)CCN(CC(C)C)C1=O. The molecule has 4 heteroatoms. The second-order valence-corrected chi connectivity index (χ2v) is 4.46. The molecule has 0 radical (unpaired) electrons. The zero-order valence-corrected chi connectivity index (χ0v) is 9.75. The summed E-state index contributed by atoms with van der Waals surface area (Å²) in [6.07, 6.45) is 1.09. The largest absolute Gasteiger partial charge is 0.344 e. The Kier molecular flexibility index (Phi) is 4.12. The predicted molar refractivity (Wildman–Crippen MR) is 58.3 cm³/mol.